The van der Waals surface area contributed by atoms with Crippen molar-refractivity contribution in [1.82, 2.24) is 0 Å². The number of anilines is 1. The highest BCUT2D eigenvalue weighted by Gasteiger charge is 2.18. The van der Waals surface area contributed by atoms with E-state index in [0.717, 1.165) is 23.8 Å². The molecule has 0 heterocycles. The van der Waals surface area contributed by atoms with Crippen molar-refractivity contribution in [3.8, 4) is 5.75 Å². The lowest BCUT2D eigenvalue weighted by Gasteiger charge is -2.22. The van der Waals surface area contributed by atoms with E-state index in [2.05, 4.69) is 21.2 Å². The molecule has 21 heavy (non-hydrogen) atoms. The summed E-state index contributed by atoms with van der Waals surface area (Å²) >= 11 is 3.19. The first kappa shape index (κ1) is 15.8. The molecule has 2 rings (SSSR count). The van der Waals surface area contributed by atoms with Crippen LogP contribution in [0.25, 0.3) is 0 Å². The normalized spacial score (nSPS) is 12.0. The first-order chi connectivity index (χ1) is 10.1. The molecule has 0 aromatic heterocycles. The van der Waals surface area contributed by atoms with Crippen LogP contribution >= 0.6 is 15.9 Å². The Morgan fingerprint density at radius 3 is 2.57 bits per heavy atom. The van der Waals surface area contributed by atoms with Gasteiger partial charge in [-0.15, -0.1) is 0 Å². The van der Waals surface area contributed by atoms with Gasteiger partial charge in [-0.1, -0.05) is 25.1 Å². The van der Waals surface area contributed by atoms with Gasteiger partial charge in [-0.25, -0.2) is 8.78 Å². The number of halogens is 3. The summed E-state index contributed by atoms with van der Waals surface area (Å²) in [4.78, 5) is 0. The van der Waals surface area contributed by atoms with Crippen molar-refractivity contribution in [2.24, 2.45) is 0 Å². The first-order valence-corrected chi connectivity index (χ1v) is 7.40. The van der Waals surface area contributed by atoms with E-state index in [9.17, 15) is 8.78 Å². The zero-order valence-electron chi connectivity index (χ0n) is 11.8. The molecule has 2 aromatic rings. The van der Waals surface area contributed by atoms with Crippen molar-refractivity contribution in [3.05, 3.63) is 58.1 Å². The zero-order valence-corrected chi connectivity index (χ0v) is 13.4. The standard InChI is InChI=1S/C16H16BrF2NO/c1-3-14(11-6-4-5-7-15(11)21-2)20-16-12(17)8-10(18)9-13(16)19/h4-9,14,20H,3H2,1-2H3. The van der Waals surface area contributed by atoms with Crippen LogP contribution in [0.1, 0.15) is 24.9 Å². The maximum Gasteiger partial charge on any atom is 0.150 e. The van der Waals surface area contributed by atoms with Gasteiger partial charge in [0, 0.05) is 16.1 Å². The van der Waals surface area contributed by atoms with E-state index < -0.39 is 11.6 Å². The molecule has 0 aliphatic carbocycles. The van der Waals surface area contributed by atoms with E-state index in [1.807, 2.05) is 31.2 Å². The Balaban J connectivity index is 2.36. The molecule has 0 bridgehead atoms. The monoisotopic (exact) mass is 355 g/mol. The fourth-order valence-electron chi connectivity index (χ4n) is 2.21. The summed E-state index contributed by atoms with van der Waals surface area (Å²) in [5.41, 5.74) is 1.17. The van der Waals surface area contributed by atoms with E-state index in [1.54, 1.807) is 7.11 Å². The number of nitrogens with one attached hydrogen (secondary N) is 1. The average Bonchev–Trinajstić information content (AvgIpc) is 2.46. The lowest BCUT2D eigenvalue weighted by Crippen LogP contribution is -2.12. The van der Waals surface area contributed by atoms with Gasteiger partial charge in [0.05, 0.1) is 18.8 Å². The topological polar surface area (TPSA) is 21.3 Å². The van der Waals surface area contributed by atoms with Crippen molar-refractivity contribution in [2.75, 3.05) is 12.4 Å². The van der Waals surface area contributed by atoms with E-state index in [0.29, 0.717) is 4.47 Å². The van der Waals surface area contributed by atoms with Crippen LogP contribution in [-0.4, -0.2) is 7.11 Å². The van der Waals surface area contributed by atoms with Crippen LogP contribution < -0.4 is 10.1 Å². The Bertz CT molecular complexity index is 610. The Labute approximate surface area is 131 Å². The van der Waals surface area contributed by atoms with Crippen molar-refractivity contribution in [2.45, 2.75) is 19.4 Å². The number of ether oxygens (including phenoxy) is 1. The molecule has 0 radical (unpaired) electrons. The molecule has 0 spiro atoms. The molecule has 1 N–H and O–H groups in total. The lowest BCUT2D eigenvalue weighted by atomic mass is 10.0. The molecule has 0 fully saturated rings. The van der Waals surface area contributed by atoms with E-state index in [4.69, 9.17) is 4.74 Å². The lowest BCUT2D eigenvalue weighted by molar-refractivity contribution is 0.406. The minimum Gasteiger partial charge on any atom is -0.496 e. The van der Waals surface area contributed by atoms with Crippen LogP contribution in [0, 0.1) is 11.6 Å². The molecule has 1 atom stereocenters. The highest BCUT2D eigenvalue weighted by molar-refractivity contribution is 9.10. The quantitative estimate of drug-likeness (QED) is 0.785. The maximum atomic E-state index is 13.9. The van der Waals surface area contributed by atoms with Gasteiger partial charge in [-0.05, 0) is 34.5 Å². The summed E-state index contributed by atoms with van der Waals surface area (Å²) in [7, 11) is 1.60. The molecule has 1 unspecified atom stereocenters. The second-order valence-electron chi connectivity index (χ2n) is 4.59. The molecule has 5 heteroatoms. The Morgan fingerprint density at radius 2 is 1.95 bits per heavy atom. The van der Waals surface area contributed by atoms with Gasteiger partial charge in [0.15, 0.2) is 0 Å². The molecule has 0 saturated heterocycles. The number of rotatable bonds is 5. The van der Waals surface area contributed by atoms with Crippen molar-refractivity contribution >= 4 is 21.6 Å². The SMILES string of the molecule is CCC(Nc1c(F)cc(F)cc1Br)c1ccccc1OC. The summed E-state index contributed by atoms with van der Waals surface area (Å²) < 4.78 is 32.8. The minimum atomic E-state index is -0.629. The minimum absolute atomic E-state index is 0.141. The molecular formula is C16H16BrF2NO. The second-order valence-corrected chi connectivity index (χ2v) is 5.45. The zero-order chi connectivity index (χ0) is 15.4. The van der Waals surface area contributed by atoms with Crippen LogP contribution in [0.15, 0.2) is 40.9 Å². The highest BCUT2D eigenvalue weighted by atomic mass is 79.9. The van der Waals surface area contributed by atoms with Crippen molar-refractivity contribution in [1.29, 1.82) is 0 Å². The number of hydrogen-bond donors (Lipinski definition) is 1. The predicted molar refractivity (Wildman–Crippen MR) is 83.7 cm³/mol. The van der Waals surface area contributed by atoms with Gasteiger partial charge in [-0.3, -0.25) is 0 Å². The van der Waals surface area contributed by atoms with Gasteiger partial charge in [0.2, 0.25) is 0 Å². The Hall–Kier alpha value is -1.62. The fourth-order valence-corrected chi connectivity index (χ4v) is 2.73. The number of hydrogen-bond acceptors (Lipinski definition) is 2. The summed E-state index contributed by atoms with van der Waals surface area (Å²) in [6, 6.07) is 9.52. The molecule has 0 saturated carbocycles. The summed E-state index contributed by atoms with van der Waals surface area (Å²) in [6.45, 7) is 1.99. The molecule has 0 amide bonds. The van der Waals surface area contributed by atoms with Crippen LogP contribution in [0.4, 0.5) is 14.5 Å². The van der Waals surface area contributed by atoms with Gasteiger partial charge < -0.3 is 10.1 Å². The van der Waals surface area contributed by atoms with Gasteiger partial charge >= 0.3 is 0 Å². The second kappa shape index (κ2) is 6.89. The van der Waals surface area contributed by atoms with Gasteiger partial charge in [0.1, 0.15) is 17.4 Å². The smallest absolute Gasteiger partial charge is 0.150 e. The van der Waals surface area contributed by atoms with Crippen LogP contribution in [0.2, 0.25) is 0 Å². The van der Waals surface area contributed by atoms with E-state index in [1.165, 1.54) is 6.07 Å². The molecule has 0 aliphatic rings. The van der Waals surface area contributed by atoms with Crippen molar-refractivity contribution in [3.63, 3.8) is 0 Å². The summed E-state index contributed by atoms with van der Waals surface area (Å²) in [6.07, 6.45) is 0.726. The van der Waals surface area contributed by atoms with Crippen LogP contribution in [-0.2, 0) is 0 Å². The highest BCUT2D eigenvalue weighted by Crippen LogP contribution is 2.34. The van der Waals surface area contributed by atoms with E-state index in [-0.39, 0.29) is 11.7 Å². The largest absolute Gasteiger partial charge is 0.496 e. The molecular weight excluding hydrogens is 340 g/mol. The molecule has 0 aliphatic heterocycles. The fraction of sp³-hybridized carbons (Fsp3) is 0.250. The molecule has 2 nitrogen and oxygen atoms in total. The number of benzene rings is 2. The van der Waals surface area contributed by atoms with Gasteiger partial charge in [-0.2, -0.15) is 0 Å². The average molecular weight is 356 g/mol. The molecule has 112 valence electrons. The number of methoxy groups -OCH3 is 1. The first-order valence-electron chi connectivity index (χ1n) is 6.60. The van der Waals surface area contributed by atoms with Crippen LogP contribution in [0.5, 0.6) is 5.75 Å². The number of para-hydroxylation sites is 1. The Kier molecular flexibility index (Phi) is 5.17. The summed E-state index contributed by atoms with van der Waals surface area (Å²) in [5.74, 6) is -0.513. The van der Waals surface area contributed by atoms with E-state index >= 15 is 0 Å². The van der Waals surface area contributed by atoms with Gasteiger partial charge in [0.25, 0.3) is 0 Å². The summed E-state index contributed by atoms with van der Waals surface area (Å²) in [5, 5.41) is 3.11. The van der Waals surface area contributed by atoms with Crippen molar-refractivity contribution < 1.29 is 13.5 Å². The third kappa shape index (κ3) is 3.53. The third-order valence-corrected chi connectivity index (χ3v) is 3.87. The van der Waals surface area contributed by atoms with Crippen LogP contribution in [0.3, 0.4) is 0 Å². The maximum absolute atomic E-state index is 13.9. The third-order valence-electron chi connectivity index (χ3n) is 3.25. The Morgan fingerprint density at radius 1 is 1.24 bits per heavy atom. The molecule has 2 aromatic carbocycles. The predicted octanol–water partition coefficient (Wildman–Crippen LogP) is 5.30.